The first-order valence-corrected chi connectivity index (χ1v) is 6.06. The highest BCUT2D eigenvalue weighted by Gasteiger charge is 2.13. The molecular formula is C14H18FN3. The first-order chi connectivity index (χ1) is 8.54. The van der Waals surface area contributed by atoms with Crippen LogP contribution in [-0.2, 0) is 6.42 Å². The van der Waals surface area contributed by atoms with Crippen LogP contribution in [0.5, 0.6) is 0 Å². The van der Waals surface area contributed by atoms with E-state index < -0.39 is 0 Å². The van der Waals surface area contributed by atoms with Crippen molar-refractivity contribution in [1.29, 1.82) is 0 Å². The summed E-state index contributed by atoms with van der Waals surface area (Å²) in [4.78, 5) is 0. The standard InChI is InChI=1S/C14H18FN3/c1-9-8-12(15)4-5-14(9)18-11(3)13(6-7-16)10(2)17-18/h4-5,8H,6-7,16H2,1-3H3. The van der Waals surface area contributed by atoms with Crippen molar-refractivity contribution in [2.45, 2.75) is 27.2 Å². The summed E-state index contributed by atoms with van der Waals surface area (Å²) in [6.07, 6.45) is 0.817. The molecule has 4 heteroatoms. The van der Waals surface area contributed by atoms with Crippen LogP contribution < -0.4 is 5.73 Å². The highest BCUT2D eigenvalue weighted by Crippen LogP contribution is 2.21. The van der Waals surface area contributed by atoms with Crippen molar-refractivity contribution in [2.75, 3.05) is 6.54 Å². The molecule has 2 rings (SSSR count). The van der Waals surface area contributed by atoms with Crippen LogP contribution in [0.25, 0.3) is 5.69 Å². The minimum Gasteiger partial charge on any atom is -0.330 e. The molecule has 0 saturated carbocycles. The maximum Gasteiger partial charge on any atom is 0.123 e. The van der Waals surface area contributed by atoms with Crippen LogP contribution in [0.2, 0.25) is 0 Å². The zero-order valence-electron chi connectivity index (χ0n) is 11.0. The Kier molecular flexibility index (Phi) is 3.48. The van der Waals surface area contributed by atoms with Gasteiger partial charge in [0.15, 0.2) is 0 Å². The Bertz CT molecular complexity index is 573. The summed E-state index contributed by atoms with van der Waals surface area (Å²) in [6, 6.07) is 4.74. The topological polar surface area (TPSA) is 43.8 Å². The zero-order chi connectivity index (χ0) is 13.3. The van der Waals surface area contributed by atoms with Crippen LogP contribution in [0.3, 0.4) is 0 Å². The summed E-state index contributed by atoms with van der Waals surface area (Å²) in [6.45, 7) is 6.49. The van der Waals surface area contributed by atoms with Gasteiger partial charge in [0.2, 0.25) is 0 Å². The van der Waals surface area contributed by atoms with Crippen molar-refractivity contribution in [1.82, 2.24) is 9.78 Å². The number of nitrogens with zero attached hydrogens (tertiary/aromatic N) is 2. The average Bonchev–Trinajstić information content (AvgIpc) is 2.58. The predicted octanol–water partition coefficient (Wildman–Crippen LogP) is 2.44. The van der Waals surface area contributed by atoms with E-state index in [2.05, 4.69) is 5.10 Å². The molecule has 0 saturated heterocycles. The first kappa shape index (κ1) is 12.8. The molecule has 3 nitrogen and oxygen atoms in total. The molecule has 0 aliphatic carbocycles. The van der Waals surface area contributed by atoms with E-state index >= 15 is 0 Å². The van der Waals surface area contributed by atoms with Crippen LogP contribution >= 0.6 is 0 Å². The molecule has 0 aliphatic heterocycles. The lowest BCUT2D eigenvalue weighted by Gasteiger charge is -2.08. The number of hydrogen-bond donors (Lipinski definition) is 1. The fourth-order valence-corrected chi connectivity index (χ4v) is 2.27. The molecule has 0 atom stereocenters. The number of aryl methyl sites for hydroxylation is 2. The maximum atomic E-state index is 13.1. The van der Waals surface area contributed by atoms with Gasteiger partial charge in [0.25, 0.3) is 0 Å². The molecule has 1 aromatic carbocycles. The Morgan fingerprint density at radius 3 is 2.61 bits per heavy atom. The van der Waals surface area contributed by atoms with Gasteiger partial charge in [-0.2, -0.15) is 5.10 Å². The normalized spacial score (nSPS) is 10.9. The van der Waals surface area contributed by atoms with Crippen LogP contribution in [0.15, 0.2) is 18.2 Å². The molecule has 0 radical (unpaired) electrons. The van der Waals surface area contributed by atoms with Gasteiger partial charge in [0.05, 0.1) is 11.4 Å². The quantitative estimate of drug-likeness (QED) is 0.905. The van der Waals surface area contributed by atoms with Crippen molar-refractivity contribution in [3.05, 3.63) is 46.5 Å². The summed E-state index contributed by atoms with van der Waals surface area (Å²) in [7, 11) is 0. The predicted molar refractivity (Wildman–Crippen MR) is 70.5 cm³/mol. The van der Waals surface area contributed by atoms with Crippen molar-refractivity contribution >= 4 is 0 Å². The van der Waals surface area contributed by atoms with Gasteiger partial charge in [-0.25, -0.2) is 9.07 Å². The summed E-state index contributed by atoms with van der Waals surface area (Å²) < 4.78 is 15.0. The number of benzene rings is 1. The second kappa shape index (κ2) is 4.90. The van der Waals surface area contributed by atoms with Crippen LogP contribution in [-0.4, -0.2) is 16.3 Å². The highest BCUT2D eigenvalue weighted by molar-refractivity contribution is 5.43. The number of halogens is 1. The average molecular weight is 247 g/mol. The molecule has 0 bridgehead atoms. The molecule has 2 N–H and O–H groups in total. The molecule has 0 fully saturated rings. The zero-order valence-corrected chi connectivity index (χ0v) is 11.0. The van der Waals surface area contributed by atoms with Crippen molar-refractivity contribution < 1.29 is 4.39 Å². The fourth-order valence-electron chi connectivity index (χ4n) is 2.27. The molecule has 96 valence electrons. The monoisotopic (exact) mass is 247 g/mol. The Hall–Kier alpha value is -1.68. The van der Waals surface area contributed by atoms with Gasteiger partial charge in [0.1, 0.15) is 5.82 Å². The van der Waals surface area contributed by atoms with E-state index in [9.17, 15) is 4.39 Å². The van der Waals surface area contributed by atoms with Gasteiger partial charge < -0.3 is 5.73 Å². The molecule has 0 spiro atoms. The lowest BCUT2D eigenvalue weighted by atomic mass is 10.1. The molecule has 0 aliphatic rings. The highest BCUT2D eigenvalue weighted by atomic mass is 19.1. The van der Waals surface area contributed by atoms with E-state index in [4.69, 9.17) is 5.73 Å². The number of hydrogen-bond acceptors (Lipinski definition) is 2. The Morgan fingerprint density at radius 2 is 2.00 bits per heavy atom. The SMILES string of the molecule is Cc1cc(F)ccc1-n1nc(C)c(CCN)c1C. The van der Waals surface area contributed by atoms with Crippen molar-refractivity contribution in [3.8, 4) is 5.69 Å². The van der Waals surface area contributed by atoms with Gasteiger partial charge in [-0.15, -0.1) is 0 Å². The van der Waals surface area contributed by atoms with Crippen LogP contribution in [0.1, 0.15) is 22.5 Å². The molecule has 0 unspecified atom stereocenters. The largest absolute Gasteiger partial charge is 0.330 e. The van der Waals surface area contributed by atoms with E-state index in [1.165, 1.54) is 17.7 Å². The molecule has 1 heterocycles. The summed E-state index contributed by atoms with van der Waals surface area (Å²) >= 11 is 0. The summed E-state index contributed by atoms with van der Waals surface area (Å²) in [5.74, 6) is -0.222. The minimum absolute atomic E-state index is 0.222. The first-order valence-electron chi connectivity index (χ1n) is 6.06. The van der Waals surface area contributed by atoms with Crippen LogP contribution in [0.4, 0.5) is 4.39 Å². The molecule has 18 heavy (non-hydrogen) atoms. The summed E-state index contributed by atoms with van der Waals surface area (Å²) in [5, 5.41) is 4.53. The third-order valence-electron chi connectivity index (χ3n) is 3.22. The second-order valence-corrected chi connectivity index (χ2v) is 4.53. The number of rotatable bonds is 3. The third kappa shape index (κ3) is 2.16. The Morgan fingerprint density at radius 1 is 1.28 bits per heavy atom. The molecule has 0 amide bonds. The molecular weight excluding hydrogens is 229 g/mol. The fraction of sp³-hybridized carbons (Fsp3) is 0.357. The lowest BCUT2D eigenvalue weighted by Crippen LogP contribution is -2.05. The van der Waals surface area contributed by atoms with Crippen LogP contribution in [0, 0.1) is 26.6 Å². The van der Waals surface area contributed by atoms with Gasteiger partial charge in [-0.05, 0) is 63.1 Å². The second-order valence-electron chi connectivity index (χ2n) is 4.53. The Labute approximate surface area is 106 Å². The third-order valence-corrected chi connectivity index (χ3v) is 3.22. The minimum atomic E-state index is -0.222. The van der Waals surface area contributed by atoms with Gasteiger partial charge in [0, 0.05) is 5.69 Å². The van der Waals surface area contributed by atoms with Crippen molar-refractivity contribution in [3.63, 3.8) is 0 Å². The smallest absolute Gasteiger partial charge is 0.123 e. The maximum absolute atomic E-state index is 13.1. The lowest BCUT2D eigenvalue weighted by molar-refractivity contribution is 0.625. The number of nitrogens with two attached hydrogens (primary N) is 1. The van der Waals surface area contributed by atoms with E-state index in [-0.39, 0.29) is 5.82 Å². The van der Waals surface area contributed by atoms with Gasteiger partial charge in [-0.1, -0.05) is 0 Å². The summed E-state index contributed by atoms with van der Waals surface area (Å²) in [5.41, 5.74) is 10.6. The van der Waals surface area contributed by atoms with Gasteiger partial charge >= 0.3 is 0 Å². The van der Waals surface area contributed by atoms with E-state index in [0.29, 0.717) is 6.54 Å². The van der Waals surface area contributed by atoms with E-state index in [1.54, 1.807) is 6.07 Å². The molecule has 1 aromatic heterocycles. The van der Waals surface area contributed by atoms with Crippen molar-refractivity contribution in [2.24, 2.45) is 5.73 Å². The molecule has 2 aromatic rings. The number of aromatic nitrogens is 2. The van der Waals surface area contributed by atoms with E-state index in [1.807, 2.05) is 25.5 Å². The van der Waals surface area contributed by atoms with Gasteiger partial charge in [-0.3, -0.25) is 0 Å². The Balaban J connectivity index is 2.54. The van der Waals surface area contributed by atoms with E-state index in [0.717, 1.165) is 29.1 Å².